The van der Waals surface area contributed by atoms with Crippen LogP contribution >= 0.6 is 11.6 Å². The third-order valence-corrected chi connectivity index (χ3v) is 9.65. The van der Waals surface area contributed by atoms with Gasteiger partial charge in [-0.15, -0.1) is 0 Å². The van der Waals surface area contributed by atoms with Crippen molar-refractivity contribution in [1.82, 2.24) is 10.2 Å². The SMILES string of the molecule is CCC(C)NC(=O)C(Cc1ccccc1)N(Cc1ccccc1F)C(=O)CN(c1ccc(Cl)cc1)S(=O)(=O)c1ccc(OC)cc1. The van der Waals surface area contributed by atoms with Crippen molar-refractivity contribution in [1.29, 1.82) is 0 Å². The number of amides is 2. The molecule has 0 saturated heterocycles. The van der Waals surface area contributed by atoms with E-state index in [1.807, 2.05) is 44.2 Å². The van der Waals surface area contributed by atoms with Gasteiger partial charge in [0.1, 0.15) is 24.2 Å². The number of nitrogens with one attached hydrogen (secondary N) is 1. The molecule has 0 heterocycles. The van der Waals surface area contributed by atoms with E-state index in [4.69, 9.17) is 16.3 Å². The van der Waals surface area contributed by atoms with Crippen molar-refractivity contribution in [3.05, 3.63) is 125 Å². The van der Waals surface area contributed by atoms with Gasteiger partial charge in [-0.25, -0.2) is 12.8 Å². The van der Waals surface area contributed by atoms with E-state index >= 15 is 4.39 Å². The van der Waals surface area contributed by atoms with E-state index in [9.17, 15) is 18.0 Å². The zero-order valence-electron chi connectivity index (χ0n) is 25.9. The van der Waals surface area contributed by atoms with Gasteiger partial charge in [-0.3, -0.25) is 13.9 Å². The zero-order valence-corrected chi connectivity index (χ0v) is 27.5. The van der Waals surface area contributed by atoms with Crippen LogP contribution in [0.2, 0.25) is 5.02 Å². The van der Waals surface area contributed by atoms with Gasteiger partial charge in [0.15, 0.2) is 0 Å². The van der Waals surface area contributed by atoms with Crippen LogP contribution in [0, 0.1) is 5.82 Å². The second kappa shape index (κ2) is 15.7. The molecule has 2 atom stereocenters. The van der Waals surface area contributed by atoms with Gasteiger partial charge in [-0.05, 0) is 73.5 Å². The van der Waals surface area contributed by atoms with Crippen molar-refractivity contribution >= 4 is 39.1 Å². The van der Waals surface area contributed by atoms with Crippen molar-refractivity contribution in [3.8, 4) is 5.75 Å². The van der Waals surface area contributed by atoms with E-state index in [1.54, 1.807) is 6.07 Å². The Hall–Kier alpha value is -4.41. The minimum absolute atomic E-state index is 0.0768. The summed E-state index contributed by atoms with van der Waals surface area (Å²) >= 11 is 6.11. The number of ether oxygens (including phenoxy) is 1. The molecule has 0 aliphatic heterocycles. The summed E-state index contributed by atoms with van der Waals surface area (Å²) in [6, 6.07) is 25.7. The van der Waals surface area contributed by atoms with Crippen molar-refractivity contribution in [2.45, 2.75) is 50.2 Å². The molecule has 46 heavy (non-hydrogen) atoms. The Morgan fingerprint density at radius 3 is 2.15 bits per heavy atom. The van der Waals surface area contributed by atoms with Gasteiger partial charge >= 0.3 is 0 Å². The summed E-state index contributed by atoms with van der Waals surface area (Å²) in [6.45, 7) is 2.83. The summed E-state index contributed by atoms with van der Waals surface area (Å²) in [5, 5.41) is 3.34. The first kappa shape index (κ1) is 34.5. The molecule has 0 aromatic heterocycles. The van der Waals surface area contributed by atoms with E-state index in [-0.39, 0.29) is 35.2 Å². The minimum atomic E-state index is -4.32. The summed E-state index contributed by atoms with van der Waals surface area (Å²) in [4.78, 5) is 29.5. The number of sulfonamides is 1. The molecule has 0 fully saturated rings. The number of anilines is 1. The number of carbonyl (C=O) groups is 2. The molecule has 0 radical (unpaired) electrons. The molecule has 4 aromatic rings. The van der Waals surface area contributed by atoms with Crippen LogP contribution in [-0.2, 0) is 32.6 Å². The predicted molar refractivity (Wildman–Crippen MR) is 178 cm³/mol. The van der Waals surface area contributed by atoms with E-state index in [0.29, 0.717) is 17.2 Å². The van der Waals surface area contributed by atoms with Crippen LogP contribution in [-0.4, -0.2) is 50.9 Å². The fourth-order valence-electron chi connectivity index (χ4n) is 4.82. The van der Waals surface area contributed by atoms with Crippen molar-refractivity contribution in [2.24, 2.45) is 0 Å². The number of hydrogen-bond acceptors (Lipinski definition) is 5. The molecule has 0 spiro atoms. The van der Waals surface area contributed by atoms with Crippen LogP contribution in [0.3, 0.4) is 0 Å². The first-order valence-corrected chi connectivity index (χ1v) is 16.6. The Morgan fingerprint density at radius 2 is 1.54 bits per heavy atom. The minimum Gasteiger partial charge on any atom is -0.497 e. The molecule has 2 unspecified atom stereocenters. The Labute approximate surface area is 274 Å². The molecular weight excluding hydrogens is 629 g/mol. The first-order valence-electron chi connectivity index (χ1n) is 14.8. The third-order valence-electron chi connectivity index (χ3n) is 7.61. The Morgan fingerprint density at radius 1 is 0.913 bits per heavy atom. The highest BCUT2D eigenvalue weighted by molar-refractivity contribution is 7.92. The molecule has 1 N–H and O–H groups in total. The summed E-state index contributed by atoms with van der Waals surface area (Å²) in [7, 11) is -2.85. The van der Waals surface area contributed by atoms with E-state index in [1.165, 1.54) is 78.7 Å². The van der Waals surface area contributed by atoms with E-state index in [2.05, 4.69) is 5.32 Å². The largest absolute Gasteiger partial charge is 0.497 e. The number of halogens is 2. The molecule has 0 saturated carbocycles. The van der Waals surface area contributed by atoms with E-state index < -0.39 is 40.2 Å². The Balaban J connectivity index is 1.81. The molecular formula is C35H37ClFN3O5S. The number of hydrogen-bond donors (Lipinski definition) is 1. The molecule has 4 rings (SSSR count). The average molecular weight is 666 g/mol. The average Bonchev–Trinajstić information content (AvgIpc) is 3.06. The molecule has 0 bridgehead atoms. The lowest BCUT2D eigenvalue weighted by Gasteiger charge is -2.34. The second-order valence-corrected chi connectivity index (χ2v) is 13.1. The number of rotatable bonds is 14. The highest BCUT2D eigenvalue weighted by Crippen LogP contribution is 2.27. The third kappa shape index (κ3) is 8.64. The first-order chi connectivity index (χ1) is 22.0. The lowest BCUT2D eigenvalue weighted by Crippen LogP contribution is -2.54. The van der Waals surface area contributed by atoms with Crippen LogP contribution in [0.1, 0.15) is 31.4 Å². The fourth-order valence-corrected chi connectivity index (χ4v) is 6.36. The van der Waals surface area contributed by atoms with Gasteiger partial charge < -0.3 is 15.0 Å². The van der Waals surface area contributed by atoms with Gasteiger partial charge in [0.25, 0.3) is 10.0 Å². The second-order valence-electron chi connectivity index (χ2n) is 10.8. The van der Waals surface area contributed by atoms with Crippen LogP contribution in [0.4, 0.5) is 10.1 Å². The Kier molecular flexibility index (Phi) is 11.8. The van der Waals surface area contributed by atoms with Gasteiger partial charge in [0, 0.05) is 29.6 Å². The van der Waals surface area contributed by atoms with Gasteiger partial charge in [0.2, 0.25) is 11.8 Å². The van der Waals surface area contributed by atoms with Crippen LogP contribution in [0.15, 0.2) is 108 Å². The van der Waals surface area contributed by atoms with Crippen molar-refractivity contribution in [3.63, 3.8) is 0 Å². The topological polar surface area (TPSA) is 96.0 Å². The maximum absolute atomic E-state index is 15.0. The van der Waals surface area contributed by atoms with Gasteiger partial charge in [-0.1, -0.05) is 67.1 Å². The highest BCUT2D eigenvalue weighted by Gasteiger charge is 2.35. The summed E-state index contributed by atoms with van der Waals surface area (Å²) < 4.78 is 49.4. The van der Waals surface area contributed by atoms with Gasteiger partial charge in [0.05, 0.1) is 17.7 Å². The highest BCUT2D eigenvalue weighted by atomic mass is 35.5. The fraction of sp³-hybridized carbons (Fsp3) is 0.257. The normalized spacial score (nSPS) is 12.5. The summed E-state index contributed by atoms with van der Waals surface area (Å²) in [6.07, 6.45) is 0.769. The lowest BCUT2D eigenvalue weighted by atomic mass is 10.0. The number of nitrogens with zero attached hydrogens (tertiary/aromatic N) is 2. The van der Waals surface area contributed by atoms with Crippen molar-refractivity contribution < 1.29 is 27.1 Å². The summed E-state index contributed by atoms with van der Waals surface area (Å²) in [5.41, 5.74) is 1.14. The predicted octanol–water partition coefficient (Wildman–Crippen LogP) is 6.24. The maximum atomic E-state index is 15.0. The number of methoxy groups -OCH3 is 1. The molecule has 242 valence electrons. The molecule has 11 heteroatoms. The zero-order chi connectivity index (χ0) is 33.3. The molecule has 0 aliphatic carbocycles. The van der Waals surface area contributed by atoms with Crippen LogP contribution in [0.5, 0.6) is 5.75 Å². The smallest absolute Gasteiger partial charge is 0.264 e. The Bertz CT molecular complexity index is 1720. The number of carbonyl (C=O) groups excluding carboxylic acids is 2. The standard InChI is InChI=1S/C35H37ClFN3O5S/c1-4-25(2)38-35(42)33(22-26-10-6-5-7-11-26)39(23-27-12-8-9-13-32(27)37)34(41)24-40(29-16-14-28(36)15-17-29)46(43,44)31-20-18-30(45-3)19-21-31/h5-21,25,33H,4,22-24H2,1-3H3,(H,38,42). The molecule has 8 nitrogen and oxygen atoms in total. The van der Waals surface area contributed by atoms with Crippen LogP contribution < -0.4 is 14.4 Å². The van der Waals surface area contributed by atoms with E-state index in [0.717, 1.165) is 9.87 Å². The molecule has 0 aliphatic rings. The molecule has 2 amide bonds. The monoisotopic (exact) mass is 665 g/mol. The summed E-state index contributed by atoms with van der Waals surface area (Å²) in [5.74, 6) is -1.23. The van der Waals surface area contributed by atoms with Crippen molar-refractivity contribution in [2.75, 3.05) is 18.0 Å². The lowest BCUT2D eigenvalue weighted by molar-refractivity contribution is -0.140. The maximum Gasteiger partial charge on any atom is 0.264 e. The molecule has 4 aromatic carbocycles. The number of benzene rings is 4. The van der Waals surface area contributed by atoms with Gasteiger partial charge in [-0.2, -0.15) is 0 Å². The quantitative estimate of drug-likeness (QED) is 0.172. The van der Waals surface area contributed by atoms with Crippen LogP contribution in [0.25, 0.3) is 0 Å².